The molecule has 0 amide bonds. The molecular weight excluding hydrogens is 339 g/mol. The summed E-state index contributed by atoms with van der Waals surface area (Å²) in [5.41, 5.74) is 9.42. The summed E-state index contributed by atoms with van der Waals surface area (Å²) in [6.45, 7) is 6.09. The summed E-state index contributed by atoms with van der Waals surface area (Å²) in [5, 5.41) is 0. The Bertz CT molecular complexity index is 541. The van der Waals surface area contributed by atoms with Crippen LogP contribution >= 0.6 is 15.9 Å². The molecule has 0 aliphatic rings. The number of ether oxygens (including phenoxy) is 1. The lowest BCUT2D eigenvalue weighted by Gasteiger charge is -2.12. The molecule has 0 radical (unpaired) electrons. The number of anilines is 1. The van der Waals surface area contributed by atoms with Crippen molar-refractivity contribution in [1.29, 1.82) is 0 Å². The van der Waals surface area contributed by atoms with E-state index >= 15 is 0 Å². The Morgan fingerprint density at radius 2 is 1.84 bits per heavy atom. The van der Waals surface area contributed by atoms with Crippen LogP contribution in [-0.4, -0.2) is 14.4 Å². The molecule has 0 saturated heterocycles. The Kier molecular flexibility index (Phi) is 4.58. The number of benzene rings is 1. The third-order valence-electron chi connectivity index (χ3n) is 1.90. The van der Waals surface area contributed by atoms with E-state index in [1.54, 1.807) is 0 Å². The quantitative estimate of drug-likeness (QED) is 0.468. The highest BCUT2D eigenvalue weighted by atomic mass is 79.9. The highest BCUT2D eigenvalue weighted by Gasteiger charge is 2.32. The smallest absolute Gasteiger partial charge is 0.405 e. The Labute approximate surface area is 119 Å². The second-order valence-electron chi connectivity index (χ2n) is 4.92. The van der Waals surface area contributed by atoms with Gasteiger partial charge in [0.1, 0.15) is 13.8 Å². The van der Waals surface area contributed by atoms with Crippen molar-refractivity contribution in [2.24, 2.45) is 0 Å². The molecule has 0 aromatic heterocycles. The fourth-order valence-electron chi connectivity index (χ4n) is 1.13. The number of nitrogen functional groups attached to an aromatic ring is 1. The Hall–Kier alpha value is -1.13. The van der Waals surface area contributed by atoms with Crippen molar-refractivity contribution >= 4 is 29.7 Å². The van der Waals surface area contributed by atoms with Gasteiger partial charge in [-0.15, -0.1) is 18.7 Å². The molecule has 19 heavy (non-hydrogen) atoms. The highest BCUT2D eigenvalue weighted by molar-refractivity contribution is 9.10. The minimum Gasteiger partial charge on any atom is -0.405 e. The van der Waals surface area contributed by atoms with Crippen LogP contribution in [0.25, 0.3) is 0 Å². The van der Waals surface area contributed by atoms with Gasteiger partial charge in [-0.2, -0.15) is 0 Å². The predicted molar refractivity (Wildman–Crippen MR) is 75.5 cm³/mol. The summed E-state index contributed by atoms with van der Waals surface area (Å²) in [6.07, 6.45) is -4.75. The molecule has 1 rings (SSSR count). The van der Waals surface area contributed by atoms with Crippen LogP contribution in [0.4, 0.5) is 18.9 Å². The molecule has 104 valence electrons. The monoisotopic (exact) mass is 351 g/mol. The number of alkyl halides is 3. The van der Waals surface area contributed by atoms with Crippen molar-refractivity contribution in [3.8, 4) is 17.2 Å². The van der Waals surface area contributed by atoms with Crippen LogP contribution < -0.4 is 10.5 Å². The molecule has 2 N–H and O–H groups in total. The van der Waals surface area contributed by atoms with E-state index in [0.29, 0.717) is 11.3 Å². The van der Waals surface area contributed by atoms with Crippen molar-refractivity contribution in [1.82, 2.24) is 0 Å². The van der Waals surface area contributed by atoms with Crippen LogP contribution in [0.2, 0.25) is 19.6 Å². The number of nitrogens with two attached hydrogens (primary N) is 1. The van der Waals surface area contributed by atoms with Gasteiger partial charge in [-0.3, -0.25) is 0 Å². The molecule has 1 aromatic carbocycles. The van der Waals surface area contributed by atoms with Gasteiger partial charge in [0, 0.05) is 5.69 Å². The van der Waals surface area contributed by atoms with E-state index in [4.69, 9.17) is 5.73 Å². The van der Waals surface area contributed by atoms with Crippen LogP contribution in [-0.2, 0) is 0 Å². The SMILES string of the molecule is C[Si](C)(C)C#Cc1cc(OC(F)(F)F)c(Br)cc1N. The van der Waals surface area contributed by atoms with Crippen LogP contribution in [0.15, 0.2) is 16.6 Å². The zero-order valence-electron chi connectivity index (χ0n) is 10.7. The summed E-state index contributed by atoms with van der Waals surface area (Å²) in [6, 6.07) is 2.55. The van der Waals surface area contributed by atoms with Gasteiger partial charge in [-0.1, -0.05) is 25.6 Å². The Morgan fingerprint density at radius 3 is 2.32 bits per heavy atom. The van der Waals surface area contributed by atoms with Crippen LogP contribution in [0.1, 0.15) is 5.56 Å². The first-order chi connectivity index (χ1) is 8.48. The Balaban J connectivity index is 3.20. The van der Waals surface area contributed by atoms with Gasteiger partial charge in [0.15, 0.2) is 0 Å². The van der Waals surface area contributed by atoms with Crippen molar-refractivity contribution in [3.05, 3.63) is 22.2 Å². The molecule has 0 aliphatic heterocycles. The molecular formula is C12H13BrF3NOSi. The van der Waals surface area contributed by atoms with Gasteiger partial charge < -0.3 is 10.5 Å². The summed E-state index contributed by atoms with van der Waals surface area (Å²) in [5.74, 6) is 2.48. The average molecular weight is 352 g/mol. The average Bonchev–Trinajstić information content (AvgIpc) is 2.17. The Morgan fingerprint density at radius 1 is 1.26 bits per heavy atom. The summed E-state index contributed by atoms with van der Waals surface area (Å²) < 4.78 is 40.7. The van der Waals surface area contributed by atoms with Gasteiger partial charge in [0.05, 0.1) is 10.0 Å². The lowest BCUT2D eigenvalue weighted by Crippen LogP contribution is -2.18. The van der Waals surface area contributed by atoms with Gasteiger partial charge in [0.25, 0.3) is 0 Å². The molecule has 0 fully saturated rings. The number of halogens is 4. The van der Waals surface area contributed by atoms with Crippen molar-refractivity contribution < 1.29 is 17.9 Å². The van der Waals surface area contributed by atoms with Crippen molar-refractivity contribution in [2.45, 2.75) is 26.0 Å². The van der Waals surface area contributed by atoms with Gasteiger partial charge >= 0.3 is 6.36 Å². The first-order valence-corrected chi connectivity index (χ1v) is 9.65. The zero-order chi connectivity index (χ0) is 14.8. The largest absolute Gasteiger partial charge is 0.573 e. The molecule has 7 heteroatoms. The minimum atomic E-state index is -4.75. The molecule has 1 aromatic rings. The van der Waals surface area contributed by atoms with Crippen LogP contribution in [0, 0.1) is 11.5 Å². The van der Waals surface area contributed by atoms with Crippen LogP contribution in [0.3, 0.4) is 0 Å². The lowest BCUT2D eigenvalue weighted by molar-refractivity contribution is -0.274. The lowest BCUT2D eigenvalue weighted by atomic mass is 10.2. The molecule has 0 heterocycles. The maximum absolute atomic E-state index is 12.2. The summed E-state index contributed by atoms with van der Waals surface area (Å²) in [4.78, 5) is 0. The highest BCUT2D eigenvalue weighted by Crippen LogP contribution is 2.33. The minimum absolute atomic E-state index is 0.140. The summed E-state index contributed by atoms with van der Waals surface area (Å²) >= 11 is 2.98. The van der Waals surface area contributed by atoms with E-state index in [1.165, 1.54) is 12.1 Å². The molecule has 0 bridgehead atoms. The molecule has 0 saturated carbocycles. The third-order valence-corrected chi connectivity index (χ3v) is 3.40. The number of rotatable bonds is 1. The van der Waals surface area contributed by atoms with E-state index in [-0.39, 0.29) is 10.2 Å². The van der Waals surface area contributed by atoms with E-state index in [9.17, 15) is 13.2 Å². The first kappa shape index (κ1) is 15.9. The third kappa shape index (κ3) is 5.57. The maximum Gasteiger partial charge on any atom is 0.573 e. The fourth-order valence-corrected chi connectivity index (χ4v) is 2.09. The standard InChI is InChI=1S/C12H13BrF3NOSi/c1-19(2,3)5-4-8-6-11(18-12(14,15)16)9(13)7-10(8)17/h6-7H,17H2,1-3H3. The van der Waals surface area contributed by atoms with E-state index < -0.39 is 14.4 Å². The fraction of sp³-hybridized carbons (Fsp3) is 0.333. The van der Waals surface area contributed by atoms with E-state index in [2.05, 4.69) is 32.1 Å². The van der Waals surface area contributed by atoms with E-state index in [0.717, 1.165) is 0 Å². The first-order valence-electron chi connectivity index (χ1n) is 5.36. The molecule has 0 unspecified atom stereocenters. The molecule has 2 nitrogen and oxygen atoms in total. The summed E-state index contributed by atoms with van der Waals surface area (Å²) in [7, 11) is -1.63. The van der Waals surface area contributed by atoms with Crippen molar-refractivity contribution in [2.75, 3.05) is 5.73 Å². The molecule has 0 atom stereocenters. The molecule has 0 spiro atoms. The number of hydrogen-bond acceptors (Lipinski definition) is 2. The van der Waals surface area contributed by atoms with Gasteiger partial charge in [-0.05, 0) is 28.1 Å². The van der Waals surface area contributed by atoms with Gasteiger partial charge in [0.2, 0.25) is 0 Å². The predicted octanol–water partition coefficient (Wildman–Crippen LogP) is 4.16. The second kappa shape index (κ2) is 5.47. The van der Waals surface area contributed by atoms with Crippen molar-refractivity contribution in [3.63, 3.8) is 0 Å². The van der Waals surface area contributed by atoms with Crippen LogP contribution in [0.5, 0.6) is 5.75 Å². The zero-order valence-corrected chi connectivity index (χ0v) is 13.2. The topological polar surface area (TPSA) is 35.2 Å². The van der Waals surface area contributed by atoms with E-state index in [1.807, 2.05) is 19.6 Å². The van der Waals surface area contributed by atoms with Gasteiger partial charge in [-0.25, -0.2) is 0 Å². The normalized spacial score (nSPS) is 11.7. The second-order valence-corrected chi connectivity index (χ2v) is 10.5. The maximum atomic E-state index is 12.2. The number of hydrogen-bond donors (Lipinski definition) is 1. The molecule has 0 aliphatic carbocycles.